The molecule has 3 aromatic carbocycles. The molecule has 0 fully saturated rings. The van der Waals surface area contributed by atoms with Crippen molar-refractivity contribution >= 4 is 22.8 Å². The molecule has 168 valence electrons. The maximum Gasteiger partial charge on any atom is 0.270 e. The molecule has 7 nitrogen and oxygen atoms in total. The molecule has 0 unspecified atom stereocenters. The van der Waals surface area contributed by atoms with Crippen LogP contribution in [0, 0.1) is 17.0 Å². The zero-order valence-electron chi connectivity index (χ0n) is 18.9. The van der Waals surface area contributed by atoms with Gasteiger partial charge in [0.25, 0.3) is 5.69 Å². The van der Waals surface area contributed by atoms with Crippen molar-refractivity contribution in [2.75, 3.05) is 0 Å². The van der Waals surface area contributed by atoms with Crippen LogP contribution in [0.25, 0.3) is 22.6 Å². The van der Waals surface area contributed by atoms with Gasteiger partial charge < -0.3 is 4.74 Å². The highest BCUT2D eigenvalue weighted by Crippen LogP contribution is 2.46. The molecule has 0 radical (unpaired) electrons. The first-order valence-corrected chi connectivity index (χ1v) is 10.7. The SMILES string of the molecule is CC(=O)c1ccc(C(=C2Oc3ccc([N+](=O)[O-])cc3-c3nn(C)cc32)c2ccc(C)cc2)cc1. The van der Waals surface area contributed by atoms with Gasteiger partial charge in [-0.1, -0.05) is 54.1 Å². The predicted molar refractivity (Wildman–Crippen MR) is 129 cm³/mol. The van der Waals surface area contributed by atoms with Gasteiger partial charge in [0, 0.05) is 36.5 Å². The summed E-state index contributed by atoms with van der Waals surface area (Å²) in [4.78, 5) is 22.7. The van der Waals surface area contributed by atoms with E-state index in [0.717, 1.165) is 27.8 Å². The van der Waals surface area contributed by atoms with Gasteiger partial charge in [-0.2, -0.15) is 5.10 Å². The highest BCUT2D eigenvalue weighted by Gasteiger charge is 2.30. The van der Waals surface area contributed by atoms with E-state index in [0.29, 0.717) is 28.3 Å². The van der Waals surface area contributed by atoms with Crippen LogP contribution in [-0.2, 0) is 7.05 Å². The van der Waals surface area contributed by atoms with Crippen molar-refractivity contribution in [3.05, 3.63) is 111 Å². The molecule has 0 spiro atoms. The van der Waals surface area contributed by atoms with Crippen molar-refractivity contribution < 1.29 is 14.5 Å². The minimum absolute atomic E-state index is 0.00456. The van der Waals surface area contributed by atoms with Gasteiger partial charge >= 0.3 is 0 Å². The largest absolute Gasteiger partial charge is 0.455 e. The van der Waals surface area contributed by atoms with Crippen molar-refractivity contribution in [2.45, 2.75) is 13.8 Å². The van der Waals surface area contributed by atoms with Crippen LogP contribution in [-0.4, -0.2) is 20.5 Å². The average molecular weight is 451 g/mol. The molecule has 5 rings (SSSR count). The maximum absolute atomic E-state index is 11.8. The van der Waals surface area contributed by atoms with Crippen LogP contribution in [0.5, 0.6) is 5.75 Å². The predicted octanol–water partition coefficient (Wildman–Crippen LogP) is 5.82. The molecule has 0 amide bonds. The zero-order chi connectivity index (χ0) is 24.0. The van der Waals surface area contributed by atoms with Crippen molar-refractivity contribution in [3.8, 4) is 17.0 Å². The van der Waals surface area contributed by atoms with Crippen LogP contribution in [0.2, 0.25) is 0 Å². The molecule has 0 saturated heterocycles. The quantitative estimate of drug-likeness (QED) is 0.222. The number of carbonyl (C=O) groups excluding carboxylic acids is 1. The van der Waals surface area contributed by atoms with Crippen LogP contribution in [0.4, 0.5) is 5.69 Å². The first-order chi connectivity index (χ1) is 16.3. The molecule has 0 atom stereocenters. The number of rotatable bonds is 4. The van der Waals surface area contributed by atoms with Crippen molar-refractivity contribution in [1.29, 1.82) is 0 Å². The van der Waals surface area contributed by atoms with E-state index in [9.17, 15) is 14.9 Å². The zero-order valence-corrected chi connectivity index (χ0v) is 18.9. The number of benzene rings is 3. The molecule has 1 aliphatic heterocycles. The third-order valence-corrected chi connectivity index (χ3v) is 5.86. The number of hydrogen-bond acceptors (Lipinski definition) is 5. The molecular weight excluding hydrogens is 430 g/mol. The van der Waals surface area contributed by atoms with E-state index in [1.165, 1.54) is 19.1 Å². The lowest BCUT2D eigenvalue weighted by atomic mass is 9.91. The Kier molecular flexibility index (Phi) is 5.09. The first kappa shape index (κ1) is 21.3. The number of hydrogen-bond donors (Lipinski definition) is 0. The van der Waals surface area contributed by atoms with Crippen LogP contribution in [0.3, 0.4) is 0 Å². The molecule has 0 bridgehead atoms. The van der Waals surface area contributed by atoms with Crippen molar-refractivity contribution in [1.82, 2.24) is 9.78 Å². The number of ether oxygens (including phenoxy) is 1. The summed E-state index contributed by atoms with van der Waals surface area (Å²) in [5.74, 6) is 1.09. The Hall–Kier alpha value is -4.52. The van der Waals surface area contributed by atoms with E-state index in [2.05, 4.69) is 5.10 Å². The molecule has 34 heavy (non-hydrogen) atoms. The number of aromatic nitrogens is 2. The Morgan fingerprint density at radius 1 is 0.941 bits per heavy atom. The summed E-state index contributed by atoms with van der Waals surface area (Å²) < 4.78 is 8.10. The Bertz CT molecular complexity index is 1480. The summed E-state index contributed by atoms with van der Waals surface area (Å²) >= 11 is 0. The fraction of sp³-hybridized carbons (Fsp3) is 0.111. The average Bonchev–Trinajstić information content (AvgIpc) is 3.22. The molecule has 1 aromatic heterocycles. The van der Waals surface area contributed by atoms with E-state index in [-0.39, 0.29) is 11.5 Å². The number of carbonyl (C=O) groups is 1. The highest BCUT2D eigenvalue weighted by atomic mass is 16.6. The molecule has 0 saturated carbocycles. The number of ketones is 1. The number of nitro groups is 1. The van der Waals surface area contributed by atoms with E-state index >= 15 is 0 Å². The van der Waals surface area contributed by atoms with E-state index < -0.39 is 4.92 Å². The van der Waals surface area contributed by atoms with Gasteiger partial charge in [0.15, 0.2) is 5.78 Å². The van der Waals surface area contributed by atoms with Gasteiger partial charge in [-0.05, 0) is 31.0 Å². The van der Waals surface area contributed by atoms with Gasteiger partial charge in [0.05, 0.1) is 16.1 Å². The summed E-state index contributed by atoms with van der Waals surface area (Å²) in [7, 11) is 1.81. The van der Waals surface area contributed by atoms with Crippen molar-refractivity contribution in [2.24, 2.45) is 7.05 Å². The lowest BCUT2D eigenvalue weighted by Crippen LogP contribution is -2.08. The topological polar surface area (TPSA) is 87.3 Å². The fourth-order valence-electron chi connectivity index (χ4n) is 4.13. The molecule has 0 aliphatic carbocycles. The third kappa shape index (κ3) is 3.67. The standard InChI is InChI=1S/C27H21N3O4/c1-16-4-6-19(7-5-16)25(20-10-8-18(9-11-20)17(2)31)27-23-15-29(3)28-26(23)22-14-21(30(32)33)12-13-24(22)34-27/h4-15H,1-3H3. The summed E-state index contributed by atoms with van der Waals surface area (Å²) in [6, 6.07) is 20.1. The normalized spacial score (nSPS) is 13.5. The minimum atomic E-state index is -0.428. The summed E-state index contributed by atoms with van der Waals surface area (Å²) in [6.07, 6.45) is 1.85. The Morgan fingerprint density at radius 3 is 2.18 bits per heavy atom. The number of Topliss-reactive ketones (excluding diaryl/α,β-unsaturated/α-hetero) is 1. The fourth-order valence-corrected chi connectivity index (χ4v) is 4.13. The number of non-ortho nitro benzene ring substituents is 1. The van der Waals surface area contributed by atoms with Gasteiger partial charge in [-0.3, -0.25) is 19.6 Å². The monoisotopic (exact) mass is 451 g/mol. The number of aryl methyl sites for hydroxylation is 2. The smallest absolute Gasteiger partial charge is 0.270 e. The van der Waals surface area contributed by atoms with E-state index in [1.54, 1.807) is 29.9 Å². The van der Waals surface area contributed by atoms with Crippen LogP contribution >= 0.6 is 0 Å². The van der Waals surface area contributed by atoms with Crippen LogP contribution < -0.4 is 4.74 Å². The van der Waals surface area contributed by atoms with E-state index in [4.69, 9.17) is 4.74 Å². The molecule has 4 aromatic rings. The molecule has 0 N–H and O–H groups in total. The number of nitrogens with zero attached hydrogens (tertiary/aromatic N) is 3. The van der Waals surface area contributed by atoms with Crippen molar-refractivity contribution in [3.63, 3.8) is 0 Å². The lowest BCUT2D eigenvalue weighted by Gasteiger charge is -2.23. The van der Waals surface area contributed by atoms with Gasteiger partial charge in [-0.25, -0.2) is 0 Å². The summed E-state index contributed by atoms with van der Waals surface area (Å²) in [6.45, 7) is 3.56. The Labute approximate surface area is 196 Å². The van der Waals surface area contributed by atoms with Gasteiger partial charge in [0.1, 0.15) is 17.2 Å². The van der Waals surface area contributed by atoms with Crippen LogP contribution in [0.1, 0.15) is 39.5 Å². The van der Waals surface area contributed by atoms with Gasteiger partial charge in [0.2, 0.25) is 0 Å². The maximum atomic E-state index is 11.8. The van der Waals surface area contributed by atoms with Gasteiger partial charge in [-0.15, -0.1) is 0 Å². The number of fused-ring (bicyclic) bond motifs is 3. The number of nitro benzene ring substituents is 1. The summed E-state index contributed by atoms with van der Waals surface area (Å²) in [5.41, 5.74) is 6.32. The molecular formula is C27H21N3O4. The third-order valence-electron chi connectivity index (χ3n) is 5.86. The molecule has 1 aliphatic rings. The van der Waals surface area contributed by atoms with E-state index in [1.807, 2.05) is 49.5 Å². The molecule has 7 heteroatoms. The molecule has 2 heterocycles. The second-order valence-electron chi connectivity index (χ2n) is 8.31. The minimum Gasteiger partial charge on any atom is -0.455 e. The first-order valence-electron chi connectivity index (χ1n) is 10.7. The Balaban J connectivity index is 1.78. The van der Waals surface area contributed by atoms with Crippen LogP contribution in [0.15, 0.2) is 72.9 Å². The second kappa shape index (κ2) is 8.12. The summed E-state index contributed by atoms with van der Waals surface area (Å²) in [5, 5.41) is 16.0. The highest BCUT2D eigenvalue weighted by molar-refractivity contribution is 6.02. The Morgan fingerprint density at radius 2 is 1.56 bits per heavy atom. The lowest BCUT2D eigenvalue weighted by molar-refractivity contribution is -0.384. The second-order valence-corrected chi connectivity index (χ2v) is 8.31.